The molecule has 1 aliphatic rings. The smallest absolute Gasteiger partial charge is 0.270 e. The van der Waals surface area contributed by atoms with Crippen LogP contribution in [-0.4, -0.2) is 52.9 Å². The number of nitrogens with zero attached hydrogens (tertiary/aromatic N) is 3. The van der Waals surface area contributed by atoms with Gasteiger partial charge in [-0.1, -0.05) is 0 Å². The molecule has 7 nitrogen and oxygen atoms in total. The van der Waals surface area contributed by atoms with E-state index in [1.807, 2.05) is 27.3 Å². The Balaban J connectivity index is 1.47. The van der Waals surface area contributed by atoms with Gasteiger partial charge >= 0.3 is 0 Å². The fourth-order valence-electron chi connectivity index (χ4n) is 3.10. The van der Waals surface area contributed by atoms with E-state index in [0.717, 1.165) is 10.2 Å². The van der Waals surface area contributed by atoms with Gasteiger partial charge in [0, 0.05) is 32.4 Å². The second-order valence-corrected chi connectivity index (χ2v) is 6.85. The van der Waals surface area contributed by atoms with E-state index >= 15 is 0 Å². The van der Waals surface area contributed by atoms with Gasteiger partial charge in [0.25, 0.3) is 11.8 Å². The predicted molar refractivity (Wildman–Crippen MR) is 97.0 cm³/mol. The summed E-state index contributed by atoms with van der Waals surface area (Å²) in [5, 5.41) is 2.00. The van der Waals surface area contributed by atoms with Gasteiger partial charge < -0.3 is 20.5 Å². The average Bonchev–Trinajstić information content (AvgIpc) is 3.23. The Bertz CT molecular complexity index is 911. The summed E-state index contributed by atoms with van der Waals surface area (Å²) in [7, 11) is 0. The minimum Gasteiger partial charge on any atom is -0.365 e. The van der Waals surface area contributed by atoms with Gasteiger partial charge in [-0.25, -0.2) is 4.98 Å². The van der Waals surface area contributed by atoms with Crippen molar-refractivity contribution in [3.8, 4) is 0 Å². The van der Waals surface area contributed by atoms with Crippen LogP contribution in [0.25, 0.3) is 10.2 Å². The molecule has 3 aromatic heterocycles. The van der Waals surface area contributed by atoms with Crippen molar-refractivity contribution in [2.75, 3.05) is 31.1 Å². The number of thiophene rings is 1. The monoisotopic (exact) mass is 355 g/mol. The van der Waals surface area contributed by atoms with Crippen LogP contribution in [-0.2, 0) is 0 Å². The molecule has 0 unspecified atom stereocenters. The Labute approximate surface area is 148 Å². The molecule has 0 spiro atoms. The number of primary amides is 1. The standard InChI is InChI=1S/C17H17N5O2S/c18-15(23)11-2-1-4-19-16(11)21-5-7-22(8-6-21)17(24)13-10-14-12(20-13)3-9-25-14/h1-4,9-10,20H,5-8H2,(H2,18,23). The molecule has 0 aliphatic carbocycles. The van der Waals surface area contributed by atoms with Gasteiger partial charge in [-0.2, -0.15) is 0 Å². The van der Waals surface area contributed by atoms with Gasteiger partial charge in [0.15, 0.2) is 0 Å². The van der Waals surface area contributed by atoms with E-state index in [1.54, 1.807) is 29.7 Å². The van der Waals surface area contributed by atoms with Gasteiger partial charge in [-0.3, -0.25) is 9.59 Å². The highest BCUT2D eigenvalue weighted by molar-refractivity contribution is 7.17. The number of pyridine rings is 1. The van der Waals surface area contributed by atoms with Crippen molar-refractivity contribution < 1.29 is 9.59 Å². The Hall–Kier alpha value is -2.87. The summed E-state index contributed by atoms with van der Waals surface area (Å²) in [5.41, 5.74) is 7.44. The number of piperazine rings is 1. The first-order valence-corrected chi connectivity index (χ1v) is 8.87. The summed E-state index contributed by atoms with van der Waals surface area (Å²) >= 11 is 1.61. The minimum absolute atomic E-state index is 0.000745. The number of hydrogen-bond donors (Lipinski definition) is 2. The highest BCUT2D eigenvalue weighted by Gasteiger charge is 2.25. The molecule has 4 heterocycles. The third-order valence-corrected chi connectivity index (χ3v) is 5.25. The van der Waals surface area contributed by atoms with Crippen LogP contribution in [0.4, 0.5) is 5.82 Å². The van der Waals surface area contributed by atoms with Crippen molar-refractivity contribution in [3.63, 3.8) is 0 Å². The molecule has 128 valence electrons. The third-order valence-electron chi connectivity index (χ3n) is 4.39. The molecule has 1 aliphatic heterocycles. The first-order chi connectivity index (χ1) is 12.1. The molecule has 1 saturated heterocycles. The van der Waals surface area contributed by atoms with Crippen molar-refractivity contribution in [1.82, 2.24) is 14.9 Å². The molecule has 0 atom stereocenters. The van der Waals surface area contributed by atoms with Gasteiger partial charge in [0.2, 0.25) is 0 Å². The number of carbonyl (C=O) groups is 2. The molecular formula is C17H17N5O2S. The molecule has 25 heavy (non-hydrogen) atoms. The van der Waals surface area contributed by atoms with Gasteiger partial charge in [-0.15, -0.1) is 11.3 Å². The van der Waals surface area contributed by atoms with E-state index < -0.39 is 5.91 Å². The second-order valence-electron chi connectivity index (χ2n) is 5.90. The van der Waals surface area contributed by atoms with Crippen LogP contribution in [0.3, 0.4) is 0 Å². The van der Waals surface area contributed by atoms with Crippen molar-refractivity contribution in [1.29, 1.82) is 0 Å². The fourth-order valence-corrected chi connectivity index (χ4v) is 3.88. The van der Waals surface area contributed by atoms with Crippen LogP contribution in [0, 0.1) is 0 Å². The second kappa shape index (κ2) is 6.21. The van der Waals surface area contributed by atoms with E-state index in [2.05, 4.69) is 9.97 Å². The summed E-state index contributed by atoms with van der Waals surface area (Å²) in [6, 6.07) is 7.24. The summed E-state index contributed by atoms with van der Waals surface area (Å²) in [6.45, 7) is 2.36. The largest absolute Gasteiger partial charge is 0.365 e. The summed E-state index contributed by atoms with van der Waals surface area (Å²) in [6.07, 6.45) is 1.64. The van der Waals surface area contributed by atoms with Crippen LogP contribution < -0.4 is 10.6 Å². The van der Waals surface area contributed by atoms with Crippen molar-refractivity contribution in [2.24, 2.45) is 5.73 Å². The van der Waals surface area contributed by atoms with E-state index in [9.17, 15) is 9.59 Å². The predicted octanol–water partition coefficient (Wildman–Crippen LogP) is 1.69. The maximum Gasteiger partial charge on any atom is 0.270 e. The lowest BCUT2D eigenvalue weighted by Crippen LogP contribution is -2.49. The summed E-state index contributed by atoms with van der Waals surface area (Å²) in [5.74, 6) is 0.0924. The Kier molecular flexibility index (Phi) is 3.89. The molecule has 2 amide bonds. The molecule has 3 aromatic rings. The number of amides is 2. The number of anilines is 1. The lowest BCUT2D eigenvalue weighted by molar-refractivity contribution is 0.0741. The van der Waals surface area contributed by atoms with Gasteiger partial charge in [0.05, 0.1) is 15.8 Å². The Morgan fingerprint density at radius 2 is 2.00 bits per heavy atom. The lowest BCUT2D eigenvalue weighted by atomic mass is 10.2. The van der Waals surface area contributed by atoms with Gasteiger partial charge in [-0.05, 0) is 29.6 Å². The minimum atomic E-state index is -0.493. The van der Waals surface area contributed by atoms with E-state index in [0.29, 0.717) is 43.3 Å². The number of nitrogens with one attached hydrogen (secondary N) is 1. The number of aromatic amines is 1. The van der Waals surface area contributed by atoms with Crippen molar-refractivity contribution in [3.05, 3.63) is 47.1 Å². The number of H-pyrrole nitrogens is 1. The molecule has 3 N–H and O–H groups in total. The van der Waals surface area contributed by atoms with Crippen LogP contribution in [0.2, 0.25) is 0 Å². The normalized spacial score (nSPS) is 14.9. The highest BCUT2D eigenvalue weighted by Crippen LogP contribution is 2.23. The molecule has 0 bridgehead atoms. The van der Waals surface area contributed by atoms with E-state index in [4.69, 9.17) is 5.73 Å². The molecule has 4 rings (SSSR count). The number of fused-ring (bicyclic) bond motifs is 1. The zero-order valence-electron chi connectivity index (χ0n) is 13.4. The molecule has 0 radical (unpaired) electrons. The number of nitrogens with two attached hydrogens (primary N) is 1. The number of aromatic nitrogens is 2. The van der Waals surface area contributed by atoms with Crippen molar-refractivity contribution in [2.45, 2.75) is 0 Å². The van der Waals surface area contributed by atoms with E-state index in [-0.39, 0.29) is 5.91 Å². The zero-order chi connectivity index (χ0) is 17.4. The first-order valence-electron chi connectivity index (χ1n) is 7.99. The maximum absolute atomic E-state index is 12.7. The van der Waals surface area contributed by atoms with Crippen molar-refractivity contribution >= 4 is 39.2 Å². The average molecular weight is 355 g/mol. The number of carbonyl (C=O) groups excluding carboxylic acids is 2. The van der Waals surface area contributed by atoms with Crippen LogP contribution in [0.5, 0.6) is 0 Å². The summed E-state index contributed by atoms with van der Waals surface area (Å²) < 4.78 is 1.08. The first kappa shape index (κ1) is 15.6. The number of hydrogen-bond acceptors (Lipinski definition) is 5. The van der Waals surface area contributed by atoms with Crippen LogP contribution in [0.1, 0.15) is 20.8 Å². The third kappa shape index (κ3) is 2.85. The molecule has 8 heteroatoms. The van der Waals surface area contributed by atoms with Crippen LogP contribution >= 0.6 is 11.3 Å². The molecule has 0 saturated carbocycles. The highest BCUT2D eigenvalue weighted by atomic mass is 32.1. The quantitative estimate of drug-likeness (QED) is 0.747. The number of rotatable bonds is 3. The maximum atomic E-state index is 12.7. The van der Waals surface area contributed by atoms with E-state index in [1.165, 1.54) is 0 Å². The van der Waals surface area contributed by atoms with Crippen LogP contribution in [0.15, 0.2) is 35.8 Å². The lowest BCUT2D eigenvalue weighted by Gasteiger charge is -2.35. The van der Waals surface area contributed by atoms with Gasteiger partial charge in [0.1, 0.15) is 11.5 Å². The Morgan fingerprint density at radius 1 is 1.20 bits per heavy atom. The Morgan fingerprint density at radius 3 is 2.72 bits per heavy atom. The zero-order valence-corrected chi connectivity index (χ0v) is 14.3. The fraction of sp³-hybridized carbons (Fsp3) is 0.235. The topological polar surface area (TPSA) is 95.3 Å². The molecule has 1 fully saturated rings. The molecular weight excluding hydrogens is 338 g/mol. The SMILES string of the molecule is NC(=O)c1cccnc1N1CCN(C(=O)c2cc3sccc3[nH]2)CC1. The molecule has 0 aromatic carbocycles. The summed E-state index contributed by atoms with van der Waals surface area (Å²) in [4.78, 5) is 35.5.